The van der Waals surface area contributed by atoms with Crippen LogP contribution in [0.1, 0.15) is 34.7 Å². The van der Waals surface area contributed by atoms with Crippen LogP contribution in [-0.2, 0) is 15.3 Å². The van der Waals surface area contributed by atoms with Crippen LogP contribution in [-0.4, -0.2) is 38.4 Å². The number of aryl methyl sites for hydroxylation is 1. The first kappa shape index (κ1) is 18.5. The van der Waals surface area contributed by atoms with Gasteiger partial charge in [-0.2, -0.15) is 0 Å². The van der Waals surface area contributed by atoms with Crippen LogP contribution in [0, 0.1) is 6.92 Å². The average molecular weight is 424 g/mol. The Morgan fingerprint density at radius 2 is 2.33 bits per heavy atom. The smallest absolute Gasteiger partial charge is 0.259 e. The first-order valence-corrected chi connectivity index (χ1v) is 11.2. The molecular weight excluding hydrogens is 406 g/mol. The van der Waals surface area contributed by atoms with Crippen LogP contribution < -0.4 is 10.9 Å². The van der Waals surface area contributed by atoms with Crippen LogP contribution >= 0.6 is 34.4 Å². The molecule has 8 nitrogen and oxygen atoms in total. The van der Waals surface area contributed by atoms with Gasteiger partial charge in [-0.05, 0) is 25.8 Å². The fourth-order valence-electron chi connectivity index (χ4n) is 2.75. The number of nitrogens with zero attached hydrogens (tertiary/aromatic N) is 3. The topological polar surface area (TPSA) is 110 Å². The number of H-pyrrole nitrogens is 1. The van der Waals surface area contributed by atoms with Crippen molar-refractivity contribution in [2.75, 3.05) is 17.7 Å². The van der Waals surface area contributed by atoms with Crippen molar-refractivity contribution in [3.05, 3.63) is 32.1 Å². The maximum atomic E-state index is 12.1. The van der Waals surface area contributed by atoms with E-state index in [-0.39, 0.29) is 23.3 Å². The summed E-state index contributed by atoms with van der Waals surface area (Å²) in [7, 11) is 0. The number of hydrogen-bond donors (Lipinski definition) is 2. The molecule has 4 rings (SSSR count). The molecule has 11 heteroatoms. The van der Waals surface area contributed by atoms with Crippen molar-refractivity contribution >= 4 is 55.7 Å². The molecule has 1 atom stereocenters. The van der Waals surface area contributed by atoms with Crippen LogP contribution in [0.4, 0.5) is 5.13 Å². The van der Waals surface area contributed by atoms with Crippen molar-refractivity contribution in [2.24, 2.45) is 0 Å². The molecule has 3 aromatic rings. The zero-order chi connectivity index (χ0) is 18.8. The normalized spacial score (nSPS) is 16.9. The molecule has 2 N–H and O–H groups in total. The van der Waals surface area contributed by atoms with Gasteiger partial charge in [0, 0.05) is 11.5 Å². The number of thioether (sulfide) groups is 1. The molecule has 0 bridgehead atoms. The summed E-state index contributed by atoms with van der Waals surface area (Å²) in [5.74, 6) is 1.10. The standard InChI is InChI=1S/C16H17N5O3S3/c1-8-5-9-13(23)17-11(18-14(9)26-8)6-25-7-12(22)19-16-21-20-15(27-16)10-3-2-4-24-10/h5,10H,2-4,6-7H2,1H3,(H,17,18,23)(H,19,21,22). The van der Waals surface area contributed by atoms with Gasteiger partial charge in [0.05, 0.1) is 16.9 Å². The van der Waals surface area contributed by atoms with E-state index in [1.54, 1.807) is 0 Å². The van der Waals surface area contributed by atoms with Gasteiger partial charge >= 0.3 is 0 Å². The number of anilines is 1. The number of aromatic nitrogens is 4. The third-order valence-electron chi connectivity index (χ3n) is 3.94. The first-order chi connectivity index (χ1) is 13.1. The zero-order valence-corrected chi connectivity index (χ0v) is 16.9. The quantitative estimate of drug-likeness (QED) is 0.627. The number of nitrogens with one attached hydrogen (secondary N) is 2. The molecule has 1 fully saturated rings. The fourth-order valence-corrected chi connectivity index (χ4v) is 5.18. The Balaban J connectivity index is 1.30. The number of ether oxygens (including phenoxy) is 1. The van der Waals surface area contributed by atoms with Gasteiger partial charge in [-0.1, -0.05) is 11.3 Å². The highest BCUT2D eigenvalue weighted by atomic mass is 32.2. The van der Waals surface area contributed by atoms with Gasteiger partial charge in [-0.3, -0.25) is 14.9 Å². The molecule has 142 valence electrons. The molecule has 3 aromatic heterocycles. The van der Waals surface area contributed by atoms with Crippen molar-refractivity contribution < 1.29 is 9.53 Å². The molecule has 0 saturated carbocycles. The maximum Gasteiger partial charge on any atom is 0.259 e. The zero-order valence-electron chi connectivity index (χ0n) is 14.5. The molecule has 4 heterocycles. The van der Waals surface area contributed by atoms with Gasteiger partial charge in [0.2, 0.25) is 11.0 Å². The molecule has 1 saturated heterocycles. The van der Waals surface area contributed by atoms with E-state index in [2.05, 4.69) is 25.5 Å². The Morgan fingerprint density at radius 1 is 1.44 bits per heavy atom. The number of thiophene rings is 1. The van der Waals surface area contributed by atoms with Gasteiger partial charge in [0.25, 0.3) is 5.56 Å². The lowest BCUT2D eigenvalue weighted by atomic mass is 10.2. The number of aromatic amines is 1. The average Bonchev–Trinajstić information content (AvgIpc) is 3.34. The summed E-state index contributed by atoms with van der Waals surface area (Å²) in [6.07, 6.45) is 1.97. The van der Waals surface area contributed by atoms with Crippen LogP contribution in [0.25, 0.3) is 10.2 Å². The summed E-state index contributed by atoms with van der Waals surface area (Å²) in [5.41, 5.74) is -0.139. The van der Waals surface area contributed by atoms with Gasteiger partial charge in [0.1, 0.15) is 21.8 Å². The molecule has 0 aliphatic carbocycles. The third kappa shape index (κ3) is 4.37. The monoisotopic (exact) mass is 423 g/mol. The first-order valence-electron chi connectivity index (χ1n) is 8.40. The second-order valence-corrected chi connectivity index (χ2v) is 9.31. The Morgan fingerprint density at radius 3 is 3.15 bits per heavy atom. The van der Waals surface area contributed by atoms with Gasteiger partial charge in [0.15, 0.2) is 0 Å². The van der Waals surface area contributed by atoms with Crippen LogP contribution in [0.15, 0.2) is 10.9 Å². The van der Waals surface area contributed by atoms with E-state index in [1.807, 2.05) is 13.0 Å². The minimum Gasteiger partial charge on any atom is -0.371 e. The van der Waals surface area contributed by atoms with E-state index in [0.717, 1.165) is 34.2 Å². The highest BCUT2D eigenvalue weighted by Gasteiger charge is 2.22. The molecule has 1 amide bonds. The number of amides is 1. The molecule has 0 aromatic carbocycles. The van der Waals surface area contributed by atoms with E-state index in [0.29, 0.717) is 22.1 Å². The second kappa shape index (κ2) is 8.05. The van der Waals surface area contributed by atoms with Crippen LogP contribution in [0.5, 0.6) is 0 Å². The van der Waals surface area contributed by atoms with Crippen LogP contribution in [0.2, 0.25) is 0 Å². The predicted octanol–water partition coefficient (Wildman–Crippen LogP) is 2.87. The van der Waals surface area contributed by atoms with E-state index in [9.17, 15) is 9.59 Å². The molecular formula is C16H17N5O3S3. The molecule has 1 aliphatic heterocycles. The van der Waals surface area contributed by atoms with Gasteiger partial charge < -0.3 is 9.72 Å². The minimum atomic E-state index is -0.162. The Kier molecular flexibility index (Phi) is 5.53. The van der Waals surface area contributed by atoms with E-state index in [1.165, 1.54) is 34.4 Å². The highest BCUT2D eigenvalue weighted by molar-refractivity contribution is 7.99. The second-order valence-electron chi connectivity index (χ2n) is 6.08. The number of fused-ring (bicyclic) bond motifs is 1. The van der Waals surface area contributed by atoms with E-state index in [4.69, 9.17) is 4.74 Å². The molecule has 27 heavy (non-hydrogen) atoms. The van der Waals surface area contributed by atoms with Crippen molar-refractivity contribution in [3.63, 3.8) is 0 Å². The van der Waals surface area contributed by atoms with Crippen molar-refractivity contribution in [3.8, 4) is 0 Å². The maximum absolute atomic E-state index is 12.1. The summed E-state index contributed by atoms with van der Waals surface area (Å²) in [6, 6.07) is 1.84. The molecule has 1 aliphatic rings. The molecule has 0 radical (unpaired) electrons. The minimum absolute atomic E-state index is 0.00114. The highest BCUT2D eigenvalue weighted by Crippen LogP contribution is 2.31. The Hall–Kier alpha value is -1.82. The predicted molar refractivity (Wildman–Crippen MR) is 108 cm³/mol. The summed E-state index contributed by atoms with van der Waals surface area (Å²) in [4.78, 5) is 33.2. The summed E-state index contributed by atoms with van der Waals surface area (Å²) in [6.45, 7) is 2.69. The third-order valence-corrected chi connectivity index (χ3v) is 6.76. The van der Waals surface area contributed by atoms with Gasteiger partial charge in [-0.25, -0.2) is 4.98 Å². The van der Waals surface area contributed by atoms with E-state index < -0.39 is 0 Å². The molecule has 0 spiro atoms. The number of carbonyl (C=O) groups is 1. The number of carbonyl (C=O) groups excluding carboxylic acids is 1. The summed E-state index contributed by atoms with van der Waals surface area (Å²) >= 11 is 4.22. The lowest BCUT2D eigenvalue weighted by molar-refractivity contribution is -0.113. The molecule has 1 unspecified atom stereocenters. The Bertz CT molecular complexity index is 1020. The largest absolute Gasteiger partial charge is 0.371 e. The van der Waals surface area contributed by atoms with Crippen molar-refractivity contribution in [1.82, 2.24) is 20.2 Å². The summed E-state index contributed by atoms with van der Waals surface area (Å²) in [5, 5.41) is 12.7. The van der Waals surface area contributed by atoms with Crippen molar-refractivity contribution in [1.29, 1.82) is 0 Å². The Labute approximate surface area is 166 Å². The fraction of sp³-hybridized carbons (Fsp3) is 0.438. The number of rotatable bonds is 6. The lowest BCUT2D eigenvalue weighted by Gasteiger charge is -2.03. The lowest BCUT2D eigenvalue weighted by Crippen LogP contribution is -2.15. The van der Waals surface area contributed by atoms with Crippen molar-refractivity contribution in [2.45, 2.75) is 31.6 Å². The SMILES string of the molecule is Cc1cc2c(=O)[nH]c(CSCC(=O)Nc3nnc(C4CCCO4)s3)nc2s1. The van der Waals surface area contributed by atoms with Crippen LogP contribution in [0.3, 0.4) is 0 Å². The summed E-state index contributed by atoms with van der Waals surface area (Å²) < 4.78 is 5.57. The van der Waals surface area contributed by atoms with E-state index >= 15 is 0 Å². The van der Waals surface area contributed by atoms with Gasteiger partial charge in [-0.15, -0.1) is 33.3 Å². The number of hydrogen-bond acceptors (Lipinski definition) is 9.